The summed E-state index contributed by atoms with van der Waals surface area (Å²) in [6.45, 7) is 5.23. The minimum Gasteiger partial charge on any atom is -0.384 e. The topological polar surface area (TPSA) is 79.8 Å². The number of aromatic nitrogens is 2. The Balaban J connectivity index is 1.40. The molecular weight excluding hydrogens is 402 g/mol. The third kappa shape index (κ3) is 4.76. The van der Waals surface area contributed by atoms with Crippen molar-refractivity contribution >= 4 is 28.5 Å². The first-order valence-electron chi connectivity index (χ1n) is 10.7. The van der Waals surface area contributed by atoms with E-state index in [1.165, 1.54) is 11.0 Å². The average molecular weight is 431 g/mol. The molecule has 9 heteroatoms. The highest BCUT2D eigenvalue weighted by Gasteiger charge is 2.31. The number of fused-ring (bicyclic) bond motifs is 1. The van der Waals surface area contributed by atoms with E-state index < -0.39 is 6.43 Å². The molecule has 0 bridgehead atoms. The molecule has 0 atom stereocenters. The number of hydrogen-bond donors (Lipinski definition) is 1. The maximum Gasteiger partial charge on any atom is 0.295 e. The van der Waals surface area contributed by atoms with E-state index in [9.17, 15) is 13.6 Å². The van der Waals surface area contributed by atoms with Crippen LogP contribution in [0.2, 0.25) is 0 Å². The van der Waals surface area contributed by atoms with E-state index in [0.717, 1.165) is 25.9 Å². The molecule has 0 saturated carbocycles. The number of nitrogens with zero attached hydrogens (tertiary/aromatic N) is 5. The molecule has 3 heterocycles. The highest BCUT2D eigenvalue weighted by molar-refractivity contribution is 5.97. The monoisotopic (exact) mass is 430 g/mol. The SMILES string of the molecule is C/C(=C\C(N)=NC1CN(C(=O)CN2CCCCC2)C1)n1c(C(F)F)nc2ccccc21. The summed E-state index contributed by atoms with van der Waals surface area (Å²) in [5.41, 5.74) is 7.69. The number of amidine groups is 1. The van der Waals surface area contributed by atoms with E-state index in [1.807, 2.05) is 0 Å². The van der Waals surface area contributed by atoms with E-state index in [0.29, 0.717) is 36.4 Å². The normalized spacial score (nSPS) is 19.3. The summed E-state index contributed by atoms with van der Waals surface area (Å²) in [7, 11) is 0. The molecule has 0 spiro atoms. The van der Waals surface area contributed by atoms with Crippen molar-refractivity contribution in [2.24, 2.45) is 10.7 Å². The molecule has 31 heavy (non-hydrogen) atoms. The van der Waals surface area contributed by atoms with Gasteiger partial charge in [0.15, 0.2) is 5.82 Å². The number of aliphatic imine (C=N–C) groups is 1. The molecule has 2 aliphatic heterocycles. The predicted octanol–water partition coefficient (Wildman–Crippen LogP) is 2.89. The van der Waals surface area contributed by atoms with Crippen LogP contribution in [0.25, 0.3) is 16.7 Å². The van der Waals surface area contributed by atoms with Gasteiger partial charge in [0.1, 0.15) is 5.84 Å². The second kappa shape index (κ2) is 9.13. The van der Waals surface area contributed by atoms with Crippen molar-refractivity contribution in [2.75, 3.05) is 32.7 Å². The predicted molar refractivity (Wildman–Crippen MR) is 117 cm³/mol. The number of hydrogen-bond acceptors (Lipinski definition) is 4. The minimum absolute atomic E-state index is 0.0662. The zero-order valence-corrected chi connectivity index (χ0v) is 17.7. The van der Waals surface area contributed by atoms with E-state index >= 15 is 0 Å². The summed E-state index contributed by atoms with van der Waals surface area (Å²) >= 11 is 0. The van der Waals surface area contributed by atoms with Crippen molar-refractivity contribution in [1.82, 2.24) is 19.4 Å². The molecule has 1 aromatic heterocycles. The lowest BCUT2D eigenvalue weighted by molar-refractivity contribution is -0.136. The molecule has 1 aromatic carbocycles. The first kappa shape index (κ1) is 21.4. The molecule has 2 saturated heterocycles. The number of alkyl halides is 2. The van der Waals surface area contributed by atoms with Crippen LogP contribution in [-0.2, 0) is 4.79 Å². The van der Waals surface area contributed by atoms with Gasteiger partial charge in [0, 0.05) is 18.8 Å². The van der Waals surface area contributed by atoms with E-state index in [-0.39, 0.29) is 23.6 Å². The summed E-state index contributed by atoms with van der Waals surface area (Å²) in [6, 6.07) is 6.93. The number of carbonyl (C=O) groups is 1. The van der Waals surface area contributed by atoms with Crippen molar-refractivity contribution in [3.63, 3.8) is 0 Å². The van der Waals surface area contributed by atoms with Crippen LogP contribution >= 0.6 is 0 Å². The summed E-state index contributed by atoms with van der Waals surface area (Å²) < 4.78 is 28.4. The highest BCUT2D eigenvalue weighted by Crippen LogP contribution is 2.27. The molecule has 1 amide bonds. The summed E-state index contributed by atoms with van der Waals surface area (Å²) in [5.74, 6) is 0.0645. The van der Waals surface area contributed by atoms with Crippen LogP contribution < -0.4 is 5.73 Å². The van der Waals surface area contributed by atoms with Gasteiger partial charge in [0.05, 0.1) is 23.6 Å². The number of piperidine rings is 1. The quantitative estimate of drug-likeness (QED) is 0.565. The van der Waals surface area contributed by atoms with Crippen LogP contribution in [0, 0.1) is 0 Å². The van der Waals surface area contributed by atoms with Crippen molar-refractivity contribution in [3.8, 4) is 0 Å². The smallest absolute Gasteiger partial charge is 0.295 e. The number of para-hydroxylation sites is 2. The van der Waals surface area contributed by atoms with Gasteiger partial charge in [-0.1, -0.05) is 18.6 Å². The second-order valence-electron chi connectivity index (χ2n) is 8.22. The highest BCUT2D eigenvalue weighted by atomic mass is 19.3. The maximum absolute atomic E-state index is 13.5. The summed E-state index contributed by atoms with van der Waals surface area (Å²) in [4.78, 5) is 24.9. The average Bonchev–Trinajstić information content (AvgIpc) is 3.11. The van der Waals surface area contributed by atoms with Crippen LogP contribution in [0.5, 0.6) is 0 Å². The fourth-order valence-electron chi connectivity index (χ4n) is 4.24. The Morgan fingerprint density at radius 1 is 1.26 bits per heavy atom. The first-order valence-corrected chi connectivity index (χ1v) is 10.7. The molecule has 4 rings (SSSR count). The molecule has 0 unspecified atom stereocenters. The number of amides is 1. The number of carbonyl (C=O) groups excluding carboxylic acids is 1. The molecule has 2 N–H and O–H groups in total. The Hall–Kier alpha value is -2.81. The second-order valence-corrected chi connectivity index (χ2v) is 8.22. The lowest BCUT2D eigenvalue weighted by Gasteiger charge is -2.38. The minimum atomic E-state index is -2.71. The van der Waals surface area contributed by atoms with Gasteiger partial charge in [-0.3, -0.25) is 19.3 Å². The summed E-state index contributed by atoms with van der Waals surface area (Å²) in [6.07, 6.45) is 2.42. The van der Waals surface area contributed by atoms with Crippen LogP contribution in [0.4, 0.5) is 8.78 Å². The first-order chi connectivity index (χ1) is 14.9. The van der Waals surface area contributed by atoms with E-state index in [4.69, 9.17) is 5.73 Å². The van der Waals surface area contributed by atoms with Crippen molar-refractivity contribution in [3.05, 3.63) is 36.2 Å². The number of allylic oxidation sites excluding steroid dienone is 1. The number of nitrogens with two attached hydrogens (primary N) is 1. The van der Waals surface area contributed by atoms with Gasteiger partial charge < -0.3 is 10.6 Å². The number of benzene rings is 1. The number of imidazole rings is 1. The molecule has 2 fully saturated rings. The summed E-state index contributed by atoms with van der Waals surface area (Å²) in [5, 5.41) is 0. The molecule has 2 aromatic rings. The lowest BCUT2D eigenvalue weighted by atomic mass is 10.1. The van der Waals surface area contributed by atoms with Crippen molar-refractivity contribution < 1.29 is 13.6 Å². The largest absolute Gasteiger partial charge is 0.384 e. The van der Waals surface area contributed by atoms with Gasteiger partial charge in [0.25, 0.3) is 6.43 Å². The zero-order valence-electron chi connectivity index (χ0n) is 17.7. The van der Waals surface area contributed by atoms with Crippen molar-refractivity contribution in [2.45, 2.75) is 38.7 Å². The molecule has 166 valence electrons. The van der Waals surface area contributed by atoms with Gasteiger partial charge in [0.2, 0.25) is 5.91 Å². The Morgan fingerprint density at radius 3 is 2.68 bits per heavy atom. The van der Waals surface area contributed by atoms with Crippen LogP contribution in [0.1, 0.15) is 38.4 Å². The standard InChI is InChI=1S/C22H28F2N6O/c1-15(30-18-8-4-3-7-17(18)27-22(30)21(23)24)11-19(25)26-16-12-29(13-16)20(31)14-28-9-5-2-6-10-28/h3-4,7-8,11,16,21H,2,5-6,9-10,12-14H2,1H3,(H2,25,26)/b15-11+. The van der Waals surface area contributed by atoms with Crippen LogP contribution in [0.15, 0.2) is 35.3 Å². The number of halogens is 2. The number of rotatable bonds is 6. The molecule has 2 aliphatic rings. The van der Waals surface area contributed by atoms with Gasteiger partial charge in [-0.05, 0) is 51.1 Å². The molecule has 7 nitrogen and oxygen atoms in total. The Labute approximate surface area is 180 Å². The lowest BCUT2D eigenvalue weighted by Crippen LogP contribution is -2.56. The third-order valence-corrected chi connectivity index (χ3v) is 5.85. The molecule has 0 aliphatic carbocycles. The molecule has 0 radical (unpaired) electrons. The fraction of sp³-hybridized carbons (Fsp3) is 0.500. The van der Waals surface area contributed by atoms with Crippen LogP contribution in [0.3, 0.4) is 0 Å². The van der Waals surface area contributed by atoms with Gasteiger partial charge >= 0.3 is 0 Å². The maximum atomic E-state index is 13.5. The third-order valence-electron chi connectivity index (χ3n) is 5.85. The van der Waals surface area contributed by atoms with Gasteiger partial charge in [-0.2, -0.15) is 0 Å². The zero-order chi connectivity index (χ0) is 22.0. The van der Waals surface area contributed by atoms with Gasteiger partial charge in [-0.25, -0.2) is 13.8 Å². The Kier molecular flexibility index (Phi) is 6.31. The Morgan fingerprint density at radius 2 is 1.97 bits per heavy atom. The molecular formula is C22H28F2N6O. The van der Waals surface area contributed by atoms with E-state index in [1.54, 1.807) is 42.2 Å². The van der Waals surface area contributed by atoms with E-state index in [2.05, 4.69) is 14.9 Å². The van der Waals surface area contributed by atoms with Crippen molar-refractivity contribution in [1.29, 1.82) is 0 Å². The fourth-order valence-corrected chi connectivity index (χ4v) is 4.24. The number of likely N-dealkylation sites (tertiary alicyclic amines) is 2. The van der Waals surface area contributed by atoms with Gasteiger partial charge in [-0.15, -0.1) is 0 Å². The Bertz CT molecular complexity index is 1000. The van der Waals surface area contributed by atoms with Crippen LogP contribution in [-0.4, -0.2) is 69.9 Å².